The molecule has 4 atom stereocenters. The van der Waals surface area contributed by atoms with E-state index in [0.29, 0.717) is 5.69 Å². The van der Waals surface area contributed by atoms with E-state index < -0.39 is 28.0 Å². The van der Waals surface area contributed by atoms with E-state index in [1.54, 1.807) is 24.3 Å². The molecule has 0 bridgehead atoms. The Labute approximate surface area is 193 Å². The lowest BCUT2D eigenvalue weighted by molar-refractivity contribution is -0.144. The predicted octanol–water partition coefficient (Wildman–Crippen LogP) is 3.49. The van der Waals surface area contributed by atoms with Gasteiger partial charge in [0.25, 0.3) is 0 Å². The van der Waals surface area contributed by atoms with Crippen molar-refractivity contribution in [3.63, 3.8) is 0 Å². The molecule has 33 heavy (non-hydrogen) atoms. The van der Waals surface area contributed by atoms with Crippen molar-refractivity contribution in [2.45, 2.75) is 62.2 Å². The van der Waals surface area contributed by atoms with E-state index in [1.165, 1.54) is 0 Å². The number of aromatic nitrogens is 1. The summed E-state index contributed by atoms with van der Waals surface area (Å²) in [6.07, 6.45) is 2.98. The third-order valence-electron chi connectivity index (χ3n) is 6.35. The highest BCUT2D eigenvalue weighted by Crippen LogP contribution is 2.42. The molecule has 3 N–H and O–H groups in total. The lowest BCUT2D eigenvalue weighted by Crippen LogP contribution is -2.52. The van der Waals surface area contributed by atoms with Gasteiger partial charge in [-0.1, -0.05) is 48.0 Å². The molecule has 1 aromatic heterocycles. The van der Waals surface area contributed by atoms with Gasteiger partial charge in [0.05, 0.1) is 17.5 Å². The number of ether oxygens (including phenoxy) is 2. The Kier molecular flexibility index (Phi) is 5.46. The molecule has 2 aliphatic rings. The quantitative estimate of drug-likeness (QED) is 0.498. The van der Waals surface area contributed by atoms with Gasteiger partial charge >= 0.3 is 0 Å². The molecular formula is C25H28N2O5S. The van der Waals surface area contributed by atoms with Gasteiger partial charge < -0.3 is 19.6 Å². The number of H-pyrrole nitrogens is 1. The van der Waals surface area contributed by atoms with Crippen molar-refractivity contribution in [2.75, 3.05) is 0 Å². The Morgan fingerprint density at radius 1 is 1.06 bits per heavy atom. The largest absolute Gasteiger partial charge is 0.390 e. The van der Waals surface area contributed by atoms with Crippen LogP contribution >= 0.6 is 0 Å². The van der Waals surface area contributed by atoms with Crippen molar-refractivity contribution >= 4 is 20.9 Å². The molecule has 1 saturated heterocycles. The molecule has 1 fully saturated rings. The number of hydrogen-bond acceptors (Lipinski definition) is 5. The van der Waals surface area contributed by atoms with E-state index in [4.69, 9.17) is 9.47 Å². The summed E-state index contributed by atoms with van der Waals surface area (Å²) in [6, 6.07) is 13.9. The zero-order chi connectivity index (χ0) is 23.4. The van der Waals surface area contributed by atoms with E-state index in [0.717, 1.165) is 22.0 Å². The van der Waals surface area contributed by atoms with E-state index in [9.17, 15) is 13.5 Å². The Balaban J connectivity index is 1.62. The Hall–Kier alpha value is -2.49. The molecular weight excluding hydrogens is 440 g/mol. The molecule has 3 aromatic rings. The van der Waals surface area contributed by atoms with Crippen LogP contribution in [0.1, 0.15) is 36.6 Å². The summed E-state index contributed by atoms with van der Waals surface area (Å²) in [6.45, 7) is 5.37. The first-order valence-electron chi connectivity index (χ1n) is 11.0. The SMILES string of the molecule is Cc1ccc(S(=O)(=O)N[C@H]2[C@@H]3OC(C)(C)O[C@@H]3C=C[C@@H]2c2c(CO)[nH]c3ccccc23)cc1. The van der Waals surface area contributed by atoms with Gasteiger partial charge in [-0.25, -0.2) is 13.1 Å². The van der Waals surface area contributed by atoms with Crippen molar-refractivity contribution in [3.05, 3.63) is 77.5 Å². The number of hydrogen-bond donors (Lipinski definition) is 3. The minimum absolute atomic E-state index is 0.192. The van der Waals surface area contributed by atoms with Crippen LogP contribution in [0.2, 0.25) is 0 Å². The zero-order valence-corrected chi connectivity index (χ0v) is 19.6. The first-order valence-corrected chi connectivity index (χ1v) is 12.5. The van der Waals surface area contributed by atoms with Crippen LogP contribution in [-0.2, 0) is 26.1 Å². The second kappa shape index (κ2) is 8.07. The molecule has 0 amide bonds. The van der Waals surface area contributed by atoms with Crippen LogP contribution in [0.5, 0.6) is 0 Å². The minimum atomic E-state index is -3.84. The Morgan fingerprint density at radius 3 is 2.52 bits per heavy atom. The molecule has 0 radical (unpaired) electrons. The van der Waals surface area contributed by atoms with Gasteiger partial charge in [0.1, 0.15) is 12.2 Å². The molecule has 0 saturated carbocycles. The third kappa shape index (κ3) is 4.02. The number of aryl methyl sites for hydroxylation is 1. The minimum Gasteiger partial charge on any atom is -0.390 e. The van der Waals surface area contributed by atoms with Gasteiger partial charge in [0.15, 0.2) is 5.79 Å². The normalized spacial score (nSPS) is 26.5. The highest BCUT2D eigenvalue weighted by molar-refractivity contribution is 7.89. The van der Waals surface area contributed by atoms with Gasteiger partial charge in [-0.15, -0.1) is 0 Å². The number of benzene rings is 2. The molecule has 2 heterocycles. The van der Waals surface area contributed by atoms with Gasteiger partial charge in [-0.3, -0.25) is 0 Å². The van der Waals surface area contributed by atoms with E-state index in [2.05, 4.69) is 9.71 Å². The lowest BCUT2D eigenvalue weighted by atomic mass is 9.81. The van der Waals surface area contributed by atoms with E-state index in [-0.39, 0.29) is 23.5 Å². The number of aliphatic hydroxyl groups is 1. The van der Waals surface area contributed by atoms with Crippen LogP contribution < -0.4 is 4.72 Å². The molecule has 1 aliphatic heterocycles. The molecule has 5 rings (SSSR count). The molecule has 8 heteroatoms. The van der Waals surface area contributed by atoms with E-state index >= 15 is 0 Å². The maximum atomic E-state index is 13.4. The predicted molar refractivity (Wildman–Crippen MR) is 125 cm³/mol. The second-order valence-electron chi connectivity index (χ2n) is 9.16. The second-order valence-corrected chi connectivity index (χ2v) is 10.9. The average Bonchev–Trinajstić information content (AvgIpc) is 3.30. The molecule has 1 aliphatic carbocycles. The molecule has 0 unspecified atom stereocenters. The maximum Gasteiger partial charge on any atom is 0.240 e. The highest BCUT2D eigenvalue weighted by Gasteiger charge is 2.50. The summed E-state index contributed by atoms with van der Waals surface area (Å²) in [4.78, 5) is 3.47. The fourth-order valence-electron chi connectivity index (χ4n) is 4.90. The highest BCUT2D eigenvalue weighted by atomic mass is 32.2. The van der Waals surface area contributed by atoms with Crippen LogP contribution in [0, 0.1) is 6.92 Å². The van der Waals surface area contributed by atoms with Crippen molar-refractivity contribution in [1.82, 2.24) is 9.71 Å². The molecule has 2 aromatic carbocycles. The monoisotopic (exact) mass is 468 g/mol. The average molecular weight is 469 g/mol. The van der Waals surface area contributed by atoms with Crippen LogP contribution in [0.25, 0.3) is 10.9 Å². The standard InChI is InChI=1S/C25H28N2O5S/c1-15-8-10-16(11-9-15)33(29,30)27-23-18(12-13-21-24(23)32-25(2,3)31-21)22-17-6-4-5-7-19(17)26-20(22)14-28/h4-13,18,21,23-24,26-28H,14H2,1-3H3/t18-,21-,23-,24-/m1/s1. The first-order chi connectivity index (χ1) is 15.7. The van der Waals surface area contributed by atoms with Crippen molar-refractivity contribution in [3.8, 4) is 0 Å². The van der Waals surface area contributed by atoms with E-state index in [1.807, 2.05) is 57.2 Å². The van der Waals surface area contributed by atoms with Gasteiger partial charge in [-0.05, 0) is 44.5 Å². The number of rotatable bonds is 5. The number of sulfonamides is 1. The Bertz CT molecular complexity index is 1310. The van der Waals surface area contributed by atoms with Crippen LogP contribution in [0.15, 0.2) is 65.6 Å². The van der Waals surface area contributed by atoms with Gasteiger partial charge in [-0.2, -0.15) is 0 Å². The van der Waals surface area contributed by atoms with Crippen molar-refractivity contribution in [2.24, 2.45) is 0 Å². The van der Waals surface area contributed by atoms with Crippen molar-refractivity contribution < 1.29 is 23.0 Å². The number of aromatic amines is 1. The number of nitrogens with one attached hydrogen (secondary N) is 2. The van der Waals surface area contributed by atoms with Crippen LogP contribution in [-0.4, -0.2) is 42.5 Å². The zero-order valence-electron chi connectivity index (χ0n) is 18.8. The van der Waals surface area contributed by atoms with Gasteiger partial charge in [0, 0.05) is 22.5 Å². The summed E-state index contributed by atoms with van der Waals surface area (Å²) >= 11 is 0. The first kappa shape index (κ1) is 22.3. The van der Waals surface area contributed by atoms with Gasteiger partial charge in [0.2, 0.25) is 10.0 Å². The number of fused-ring (bicyclic) bond motifs is 2. The molecule has 174 valence electrons. The fraction of sp³-hybridized carbons (Fsp3) is 0.360. The summed E-state index contributed by atoms with van der Waals surface area (Å²) < 4.78 is 42.0. The number of para-hydroxylation sites is 1. The third-order valence-corrected chi connectivity index (χ3v) is 7.83. The van der Waals surface area contributed by atoms with Crippen LogP contribution in [0.4, 0.5) is 0 Å². The van der Waals surface area contributed by atoms with Crippen LogP contribution in [0.3, 0.4) is 0 Å². The lowest BCUT2D eigenvalue weighted by Gasteiger charge is -2.35. The fourth-order valence-corrected chi connectivity index (χ4v) is 6.17. The summed E-state index contributed by atoms with van der Waals surface area (Å²) in [5.41, 5.74) is 3.37. The smallest absolute Gasteiger partial charge is 0.240 e. The maximum absolute atomic E-state index is 13.4. The molecule has 7 nitrogen and oxygen atoms in total. The number of aliphatic hydroxyl groups excluding tert-OH is 1. The topological polar surface area (TPSA) is 101 Å². The Morgan fingerprint density at radius 2 is 1.79 bits per heavy atom. The summed E-state index contributed by atoms with van der Waals surface area (Å²) in [7, 11) is -3.84. The molecule has 0 spiro atoms. The summed E-state index contributed by atoms with van der Waals surface area (Å²) in [5.74, 6) is -1.22. The van der Waals surface area contributed by atoms with Crippen molar-refractivity contribution in [1.29, 1.82) is 0 Å². The summed E-state index contributed by atoms with van der Waals surface area (Å²) in [5, 5.41) is 11.0.